The number of ether oxygens (including phenoxy) is 1. The van der Waals surface area contributed by atoms with Crippen molar-refractivity contribution in [2.75, 3.05) is 6.61 Å². The molecule has 1 aromatic rings. The minimum atomic E-state index is -1.06. The van der Waals surface area contributed by atoms with E-state index in [1.54, 1.807) is 7.05 Å². The summed E-state index contributed by atoms with van der Waals surface area (Å²) < 4.78 is 5.27. The molecule has 72 valence electrons. The van der Waals surface area contributed by atoms with Crippen LogP contribution in [-0.2, 0) is 17.4 Å². The van der Waals surface area contributed by atoms with Crippen molar-refractivity contribution in [3.8, 4) is 0 Å². The fourth-order valence-electron chi connectivity index (χ4n) is 1.48. The first-order valence-electron chi connectivity index (χ1n) is 4.21. The smallest absolute Gasteiger partial charge is 0.208 e. The highest BCUT2D eigenvalue weighted by molar-refractivity contribution is 5.03. The molecule has 2 atom stereocenters. The van der Waals surface area contributed by atoms with Gasteiger partial charge in [0.15, 0.2) is 5.60 Å². The van der Waals surface area contributed by atoms with Gasteiger partial charge in [-0.25, -0.2) is 0 Å². The number of aryl methyl sites for hydroxylation is 1. The van der Waals surface area contributed by atoms with Gasteiger partial charge in [-0.15, -0.1) is 10.2 Å². The van der Waals surface area contributed by atoms with Crippen molar-refractivity contribution in [1.82, 2.24) is 20.2 Å². The molecule has 2 heterocycles. The van der Waals surface area contributed by atoms with Crippen molar-refractivity contribution >= 4 is 0 Å². The summed E-state index contributed by atoms with van der Waals surface area (Å²) in [7, 11) is 1.67. The second-order valence-corrected chi connectivity index (χ2v) is 3.29. The zero-order valence-electron chi connectivity index (χ0n) is 7.64. The molecule has 0 bridgehead atoms. The summed E-state index contributed by atoms with van der Waals surface area (Å²) in [6, 6.07) is 0. The van der Waals surface area contributed by atoms with Crippen LogP contribution in [0.25, 0.3) is 0 Å². The Balaban J connectivity index is 2.33. The van der Waals surface area contributed by atoms with E-state index in [1.807, 2.05) is 6.92 Å². The number of aliphatic hydroxyl groups is 1. The van der Waals surface area contributed by atoms with Crippen molar-refractivity contribution in [1.29, 1.82) is 0 Å². The maximum Gasteiger partial charge on any atom is 0.208 e. The third-order valence-corrected chi connectivity index (χ3v) is 2.42. The van der Waals surface area contributed by atoms with Crippen LogP contribution in [-0.4, -0.2) is 38.0 Å². The van der Waals surface area contributed by atoms with Crippen molar-refractivity contribution in [3.05, 3.63) is 5.82 Å². The summed E-state index contributed by atoms with van der Waals surface area (Å²) in [5, 5.41) is 21.6. The average molecular weight is 184 g/mol. The molecule has 0 radical (unpaired) electrons. The van der Waals surface area contributed by atoms with Gasteiger partial charge in [0.1, 0.15) is 0 Å². The molecule has 1 fully saturated rings. The third kappa shape index (κ3) is 1.22. The van der Waals surface area contributed by atoms with Gasteiger partial charge in [-0.05, 0) is 12.1 Å². The van der Waals surface area contributed by atoms with Crippen molar-refractivity contribution in [3.63, 3.8) is 0 Å². The zero-order chi connectivity index (χ0) is 9.47. The van der Waals surface area contributed by atoms with Gasteiger partial charge in [-0.3, -0.25) is 0 Å². The fourth-order valence-corrected chi connectivity index (χ4v) is 1.48. The van der Waals surface area contributed by atoms with Crippen LogP contribution < -0.4 is 0 Å². The Labute approximate surface area is 75.5 Å². The lowest BCUT2D eigenvalue weighted by Gasteiger charge is -2.21. The molecule has 0 aromatic carbocycles. The number of aromatic nitrogens is 4. The maximum atomic E-state index is 10.1. The van der Waals surface area contributed by atoms with Gasteiger partial charge in [0.05, 0.1) is 19.8 Å². The molecule has 1 N–H and O–H groups in total. The third-order valence-electron chi connectivity index (χ3n) is 2.42. The summed E-state index contributed by atoms with van der Waals surface area (Å²) in [6.45, 7) is 2.35. The molecule has 13 heavy (non-hydrogen) atoms. The molecule has 1 aliphatic rings. The molecule has 2 rings (SSSR count). The molecule has 0 saturated carbocycles. The molecule has 0 spiro atoms. The Hall–Kier alpha value is -1.01. The second kappa shape index (κ2) is 2.74. The first-order chi connectivity index (χ1) is 6.13. The molecule has 0 amide bonds. The van der Waals surface area contributed by atoms with Crippen LogP contribution in [0.15, 0.2) is 0 Å². The van der Waals surface area contributed by atoms with Crippen LogP contribution in [0.3, 0.4) is 0 Å². The van der Waals surface area contributed by atoms with Crippen molar-refractivity contribution in [2.45, 2.75) is 25.0 Å². The molecule has 1 aromatic heterocycles. The SMILES string of the molecule is CC1OCCC1(O)c1nnn(C)n1. The van der Waals surface area contributed by atoms with Gasteiger partial charge >= 0.3 is 0 Å². The predicted octanol–water partition coefficient (Wildman–Crippen LogP) is -0.794. The molecule has 6 nitrogen and oxygen atoms in total. The summed E-state index contributed by atoms with van der Waals surface area (Å²) >= 11 is 0. The molecular formula is C7H12N4O2. The number of rotatable bonds is 1. The van der Waals surface area contributed by atoms with Gasteiger partial charge in [0, 0.05) is 6.42 Å². The standard InChI is InChI=1S/C7H12N4O2/c1-5-7(12,3-4-13-5)6-8-10-11(2)9-6/h5,12H,3-4H2,1-2H3. The lowest BCUT2D eigenvalue weighted by Crippen LogP contribution is -2.34. The molecule has 1 aliphatic heterocycles. The molecule has 0 aliphatic carbocycles. The predicted molar refractivity (Wildman–Crippen MR) is 42.7 cm³/mol. The first kappa shape index (κ1) is 8.58. The molecule has 1 saturated heterocycles. The van der Waals surface area contributed by atoms with Gasteiger partial charge in [-0.1, -0.05) is 0 Å². The Morgan fingerprint density at radius 3 is 2.92 bits per heavy atom. The minimum Gasteiger partial charge on any atom is -0.379 e. The van der Waals surface area contributed by atoms with E-state index in [0.717, 1.165) is 0 Å². The van der Waals surface area contributed by atoms with Crippen molar-refractivity contribution < 1.29 is 9.84 Å². The van der Waals surface area contributed by atoms with Crippen LogP contribution in [0.4, 0.5) is 0 Å². The summed E-state index contributed by atoms with van der Waals surface area (Å²) in [5.74, 6) is 0.347. The molecular weight excluding hydrogens is 172 g/mol. The lowest BCUT2D eigenvalue weighted by atomic mass is 9.96. The Kier molecular flexibility index (Phi) is 1.81. The van der Waals surface area contributed by atoms with E-state index in [9.17, 15) is 5.11 Å². The molecule has 6 heteroatoms. The van der Waals surface area contributed by atoms with Gasteiger partial charge < -0.3 is 9.84 Å². The lowest BCUT2D eigenvalue weighted by molar-refractivity contribution is -0.0381. The summed E-state index contributed by atoms with van der Waals surface area (Å²) in [5.41, 5.74) is -1.06. The molecule has 2 unspecified atom stereocenters. The quantitative estimate of drug-likeness (QED) is 0.619. The van der Waals surface area contributed by atoms with E-state index >= 15 is 0 Å². The highest BCUT2D eigenvalue weighted by Gasteiger charge is 2.44. The van der Waals surface area contributed by atoms with Crippen LogP contribution in [0.2, 0.25) is 0 Å². The van der Waals surface area contributed by atoms with Crippen LogP contribution in [0, 0.1) is 0 Å². The Morgan fingerprint density at radius 2 is 2.46 bits per heavy atom. The summed E-state index contributed by atoms with van der Waals surface area (Å²) in [4.78, 5) is 1.33. The fraction of sp³-hybridized carbons (Fsp3) is 0.857. The van der Waals surface area contributed by atoms with E-state index < -0.39 is 5.60 Å². The number of hydrogen-bond donors (Lipinski definition) is 1. The van der Waals surface area contributed by atoms with Gasteiger partial charge in [0.2, 0.25) is 5.82 Å². The number of tetrazole rings is 1. The maximum absolute atomic E-state index is 10.1. The first-order valence-corrected chi connectivity index (χ1v) is 4.21. The van der Waals surface area contributed by atoms with E-state index in [0.29, 0.717) is 18.9 Å². The van der Waals surface area contributed by atoms with E-state index in [-0.39, 0.29) is 6.10 Å². The van der Waals surface area contributed by atoms with Gasteiger partial charge in [0.25, 0.3) is 0 Å². The van der Waals surface area contributed by atoms with Crippen molar-refractivity contribution in [2.24, 2.45) is 7.05 Å². The van der Waals surface area contributed by atoms with Gasteiger partial charge in [-0.2, -0.15) is 4.80 Å². The number of hydrogen-bond acceptors (Lipinski definition) is 5. The van der Waals surface area contributed by atoms with Crippen LogP contribution in [0.1, 0.15) is 19.2 Å². The Bertz CT molecular complexity index is 313. The number of nitrogens with zero attached hydrogens (tertiary/aromatic N) is 4. The highest BCUT2D eigenvalue weighted by atomic mass is 16.5. The summed E-state index contributed by atoms with van der Waals surface area (Å²) in [6.07, 6.45) is 0.261. The highest BCUT2D eigenvalue weighted by Crippen LogP contribution is 2.32. The Morgan fingerprint density at radius 1 is 1.69 bits per heavy atom. The van der Waals surface area contributed by atoms with Crippen LogP contribution in [0.5, 0.6) is 0 Å². The monoisotopic (exact) mass is 184 g/mol. The largest absolute Gasteiger partial charge is 0.379 e. The van der Waals surface area contributed by atoms with Crippen LogP contribution >= 0.6 is 0 Å². The average Bonchev–Trinajstić information content (AvgIpc) is 2.62. The van der Waals surface area contributed by atoms with E-state index in [4.69, 9.17) is 4.74 Å². The second-order valence-electron chi connectivity index (χ2n) is 3.29. The normalized spacial score (nSPS) is 33.9. The van der Waals surface area contributed by atoms with E-state index in [2.05, 4.69) is 15.4 Å². The zero-order valence-corrected chi connectivity index (χ0v) is 7.64. The topological polar surface area (TPSA) is 73.1 Å². The minimum absolute atomic E-state index is 0.267. The van der Waals surface area contributed by atoms with E-state index in [1.165, 1.54) is 4.80 Å².